The predicted molar refractivity (Wildman–Crippen MR) is 103 cm³/mol. The number of ether oxygens (including phenoxy) is 1. The lowest BCUT2D eigenvalue weighted by Crippen LogP contribution is -2.23. The fourth-order valence-electron chi connectivity index (χ4n) is 3.09. The Labute approximate surface area is 156 Å². The van der Waals surface area contributed by atoms with Gasteiger partial charge in [-0.15, -0.1) is 10.2 Å². The largest absolute Gasteiger partial charge is 0.489 e. The van der Waals surface area contributed by atoms with Crippen LogP contribution in [-0.2, 0) is 13.0 Å². The molecule has 8 heteroatoms. The third-order valence-corrected chi connectivity index (χ3v) is 5.33. The molecule has 0 atom stereocenters. The molecular weight excluding hydrogens is 348 g/mol. The van der Waals surface area contributed by atoms with Crippen LogP contribution in [0, 0.1) is 6.92 Å². The van der Waals surface area contributed by atoms with Gasteiger partial charge in [-0.1, -0.05) is 11.3 Å². The highest BCUT2D eigenvalue weighted by Crippen LogP contribution is 2.32. The Kier molecular flexibility index (Phi) is 4.37. The van der Waals surface area contributed by atoms with Gasteiger partial charge in [0.05, 0.1) is 17.5 Å². The lowest BCUT2D eigenvalue weighted by molar-refractivity contribution is 0.244. The smallest absolute Gasteiger partial charge is 0.233 e. The summed E-state index contributed by atoms with van der Waals surface area (Å²) >= 11 is 1.51. The van der Waals surface area contributed by atoms with Crippen molar-refractivity contribution in [3.8, 4) is 21.5 Å². The number of nitrogens with one attached hydrogen (secondary N) is 1. The first kappa shape index (κ1) is 17.0. The van der Waals surface area contributed by atoms with Gasteiger partial charge in [-0.25, -0.2) is 4.68 Å². The van der Waals surface area contributed by atoms with Gasteiger partial charge in [0.2, 0.25) is 5.13 Å². The molecule has 0 bridgehead atoms. The topological polar surface area (TPSA) is 90.9 Å². The van der Waals surface area contributed by atoms with Gasteiger partial charge in [0.15, 0.2) is 0 Å². The molecule has 0 unspecified atom stereocenters. The number of hydrogen-bond donors (Lipinski definition) is 2. The van der Waals surface area contributed by atoms with Gasteiger partial charge in [-0.05, 0) is 39.0 Å². The minimum absolute atomic E-state index is 0.0830. The maximum absolute atomic E-state index is 6.12. The number of nitrogens with two attached hydrogens (primary N) is 1. The molecule has 3 aromatic rings. The number of hydrogen-bond acceptors (Lipinski definition) is 7. The summed E-state index contributed by atoms with van der Waals surface area (Å²) in [5.74, 6) is 0.691. The van der Waals surface area contributed by atoms with E-state index in [4.69, 9.17) is 15.6 Å². The highest BCUT2D eigenvalue weighted by molar-refractivity contribution is 7.17. The zero-order chi connectivity index (χ0) is 18.3. The van der Waals surface area contributed by atoms with Gasteiger partial charge in [-0.3, -0.25) is 0 Å². The second-order valence-electron chi connectivity index (χ2n) is 6.66. The lowest BCUT2D eigenvalue weighted by Gasteiger charge is -2.12. The minimum Gasteiger partial charge on any atom is -0.489 e. The third-order valence-electron chi connectivity index (χ3n) is 4.38. The monoisotopic (exact) mass is 370 g/mol. The number of nitrogens with zero attached hydrogens (tertiary/aromatic N) is 4. The minimum atomic E-state index is 0.0830. The van der Waals surface area contributed by atoms with Gasteiger partial charge < -0.3 is 15.8 Å². The van der Waals surface area contributed by atoms with Crippen molar-refractivity contribution < 1.29 is 4.74 Å². The summed E-state index contributed by atoms with van der Waals surface area (Å²) in [5.41, 5.74) is 11.2. The highest BCUT2D eigenvalue weighted by Gasteiger charge is 2.20. The van der Waals surface area contributed by atoms with Crippen LogP contribution in [-0.4, -0.2) is 32.6 Å². The molecule has 0 spiro atoms. The quantitative estimate of drug-likeness (QED) is 0.686. The molecule has 0 saturated carbocycles. The van der Waals surface area contributed by atoms with Crippen LogP contribution in [0.1, 0.15) is 30.8 Å². The van der Waals surface area contributed by atoms with Crippen molar-refractivity contribution in [2.75, 3.05) is 12.3 Å². The standard InChI is InChI=1S/C18H22N6OS/c1-10(2)25-16-5-4-12(8-14(16)19)17-21-22-18(26-17)24-11(3)13-9-20-7-6-15(13)23-24/h4-5,8,10,20H,6-7,9,19H2,1-3H3. The molecule has 1 aliphatic rings. The Morgan fingerprint density at radius 1 is 1.31 bits per heavy atom. The van der Waals surface area contributed by atoms with Crippen LogP contribution in [0.3, 0.4) is 0 Å². The molecule has 0 amide bonds. The maximum Gasteiger partial charge on any atom is 0.233 e. The van der Waals surface area contributed by atoms with E-state index >= 15 is 0 Å². The van der Waals surface area contributed by atoms with Crippen molar-refractivity contribution in [3.05, 3.63) is 35.2 Å². The molecule has 1 aromatic carbocycles. The Bertz CT molecular complexity index is 945. The second-order valence-corrected chi connectivity index (χ2v) is 7.61. The van der Waals surface area contributed by atoms with Gasteiger partial charge in [0.25, 0.3) is 0 Å². The summed E-state index contributed by atoms with van der Waals surface area (Å²) in [6.45, 7) is 7.86. The Hall–Kier alpha value is -2.45. The van der Waals surface area contributed by atoms with E-state index in [9.17, 15) is 0 Å². The van der Waals surface area contributed by atoms with Crippen molar-refractivity contribution >= 4 is 17.0 Å². The fourth-order valence-corrected chi connectivity index (χ4v) is 3.94. The van der Waals surface area contributed by atoms with Gasteiger partial charge in [0.1, 0.15) is 10.8 Å². The molecule has 3 heterocycles. The van der Waals surface area contributed by atoms with E-state index in [-0.39, 0.29) is 6.10 Å². The van der Waals surface area contributed by atoms with Crippen LogP contribution in [0.25, 0.3) is 15.7 Å². The summed E-state index contributed by atoms with van der Waals surface area (Å²) in [6.07, 6.45) is 1.03. The summed E-state index contributed by atoms with van der Waals surface area (Å²) in [5, 5.41) is 18.4. The van der Waals surface area contributed by atoms with E-state index < -0.39 is 0 Å². The number of anilines is 1. The van der Waals surface area contributed by atoms with E-state index in [2.05, 4.69) is 22.4 Å². The maximum atomic E-state index is 6.12. The molecule has 0 radical (unpaired) electrons. The Morgan fingerprint density at radius 2 is 2.15 bits per heavy atom. The number of rotatable bonds is 4. The van der Waals surface area contributed by atoms with E-state index in [1.165, 1.54) is 16.9 Å². The van der Waals surface area contributed by atoms with Crippen LogP contribution in [0.15, 0.2) is 18.2 Å². The summed E-state index contributed by atoms with van der Waals surface area (Å²) in [4.78, 5) is 0. The molecule has 2 aromatic heterocycles. The Balaban J connectivity index is 1.65. The van der Waals surface area contributed by atoms with E-state index in [1.807, 2.05) is 36.7 Å². The van der Waals surface area contributed by atoms with Crippen molar-refractivity contribution in [1.82, 2.24) is 25.3 Å². The fraction of sp³-hybridized carbons (Fsp3) is 0.389. The molecule has 0 saturated heterocycles. The summed E-state index contributed by atoms with van der Waals surface area (Å²) in [6, 6.07) is 5.73. The molecule has 1 aliphatic heterocycles. The number of benzene rings is 1. The average molecular weight is 370 g/mol. The molecular formula is C18H22N6OS. The lowest BCUT2D eigenvalue weighted by atomic mass is 10.1. The van der Waals surface area contributed by atoms with Crippen LogP contribution in [0.4, 0.5) is 5.69 Å². The van der Waals surface area contributed by atoms with E-state index in [0.29, 0.717) is 11.4 Å². The molecule has 4 rings (SSSR count). The SMILES string of the molecule is Cc1c2c(nn1-c1nnc(-c3ccc(OC(C)C)c(N)c3)s1)CCNC2. The van der Waals surface area contributed by atoms with E-state index in [0.717, 1.165) is 46.6 Å². The van der Waals surface area contributed by atoms with Crippen LogP contribution >= 0.6 is 11.3 Å². The van der Waals surface area contributed by atoms with Crippen molar-refractivity contribution in [2.24, 2.45) is 0 Å². The molecule has 3 N–H and O–H groups in total. The van der Waals surface area contributed by atoms with Gasteiger partial charge in [-0.2, -0.15) is 5.10 Å². The van der Waals surface area contributed by atoms with Gasteiger partial charge in [0, 0.05) is 36.3 Å². The predicted octanol–water partition coefficient (Wildman–Crippen LogP) is 2.71. The van der Waals surface area contributed by atoms with Crippen LogP contribution in [0.5, 0.6) is 5.75 Å². The normalized spacial score (nSPS) is 13.8. The summed E-state index contributed by atoms with van der Waals surface area (Å²) in [7, 11) is 0. The highest BCUT2D eigenvalue weighted by atomic mass is 32.1. The second kappa shape index (κ2) is 6.69. The van der Waals surface area contributed by atoms with Crippen molar-refractivity contribution in [2.45, 2.75) is 39.8 Å². The van der Waals surface area contributed by atoms with Crippen LogP contribution < -0.4 is 15.8 Å². The summed E-state index contributed by atoms with van der Waals surface area (Å²) < 4.78 is 7.60. The molecule has 136 valence electrons. The average Bonchev–Trinajstić information content (AvgIpc) is 3.22. The molecule has 7 nitrogen and oxygen atoms in total. The van der Waals surface area contributed by atoms with Crippen molar-refractivity contribution in [1.29, 1.82) is 0 Å². The molecule has 0 aliphatic carbocycles. The molecule has 26 heavy (non-hydrogen) atoms. The first-order valence-corrected chi connectivity index (χ1v) is 9.53. The number of nitrogen functional groups attached to an aromatic ring is 1. The first-order valence-electron chi connectivity index (χ1n) is 8.71. The first-order chi connectivity index (χ1) is 12.5. The molecule has 0 fully saturated rings. The van der Waals surface area contributed by atoms with Gasteiger partial charge >= 0.3 is 0 Å². The van der Waals surface area contributed by atoms with Crippen LogP contribution in [0.2, 0.25) is 0 Å². The van der Waals surface area contributed by atoms with Crippen molar-refractivity contribution in [3.63, 3.8) is 0 Å². The zero-order valence-electron chi connectivity index (χ0n) is 15.1. The third kappa shape index (κ3) is 3.06. The zero-order valence-corrected chi connectivity index (χ0v) is 15.9. The number of fused-ring (bicyclic) bond motifs is 1. The number of aromatic nitrogens is 4. The Morgan fingerprint density at radius 3 is 2.88 bits per heavy atom. The van der Waals surface area contributed by atoms with E-state index in [1.54, 1.807) is 0 Å².